The van der Waals surface area contributed by atoms with E-state index < -0.39 is 22.3 Å². The zero-order chi connectivity index (χ0) is 15.1. The predicted molar refractivity (Wildman–Crippen MR) is 68.7 cm³/mol. The van der Waals surface area contributed by atoms with Crippen LogP contribution in [0.4, 0.5) is 0 Å². The minimum absolute atomic E-state index is 0.0136. The van der Waals surface area contributed by atoms with E-state index in [1.165, 1.54) is 28.3 Å². The Morgan fingerprint density at radius 3 is 2.32 bits per heavy atom. The Kier molecular flexibility index (Phi) is 8.11. The first kappa shape index (κ1) is 18.3. The van der Waals surface area contributed by atoms with Crippen molar-refractivity contribution < 1.29 is 27.8 Å². The van der Waals surface area contributed by atoms with Gasteiger partial charge in [-0.1, -0.05) is 0 Å². The molecule has 1 N–H and O–H groups in total. The van der Waals surface area contributed by atoms with Crippen LogP contribution in [-0.4, -0.2) is 82.2 Å². The van der Waals surface area contributed by atoms with Crippen molar-refractivity contribution in [3.05, 3.63) is 0 Å². The van der Waals surface area contributed by atoms with Crippen LogP contribution < -0.4 is 0 Å². The lowest BCUT2D eigenvalue weighted by atomic mass is 10.4. The number of carbonyl (C=O) groups excluding carboxylic acids is 1. The Morgan fingerprint density at radius 2 is 1.84 bits per heavy atom. The largest absolute Gasteiger partial charge is 0.469 e. The molecule has 0 amide bonds. The maximum Gasteiger partial charge on any atom is 0.306 e. The molecule has 0 unspecified atom stereocenters. The number of carbonyl (C=O) groups is 1. The zero-order valence-electron chi connectivity index (χ0n) is 11.7. The molecular weight excluding hydrogens is 276 g/mol. The molecule has 0 saturated heterocycles. The molecule has 0 radical (unpaired) electrons. The van der Waals surface area contributed by atoms with Crippen molar-refractivity contribution in [2.45, 2.75) is 12.5 Å². The summed E-state index contributed by atoms with van der Waals surface area (Å²) in [5.41, 5.74) is 0. The number of aliphatic hydroxyl groups is 1. The summed E-state index contributed by atoms with van der Waals surface area (Å²) in [7, 11) is 1.65. The van der Waals surface area contributed by atoms with Gasteiger partial charge in [0.2, 0.25) is 0 Å². The maximum absolute atomic E-state index is 12.0. The number of esters is 1. The first-order valence-corrected chi connectivity index (χ1v) is 7.06. The van der Waals surface area contributed by atoms with E-state index >= 15 is 0 Å². The molecule has 0 aromatic rings. The van der Waals surface area contributed by atoms with Gasteiger partial charge >= 0.3 is 5.97 Å². The number of rotatable bonds is 9. The van der Waals surface area contributed by atoms with Gasteiger partial charge in [0.15, 0.2) is 0 Å². The summed E-state index contributed by atoms with van der Waals surface area (Å²) < 4.78 is 35.2. The lowest BCUT2D eigenvalue weighted by Gasteiger charge is -2.25. The first-order chi connectivity index (χ1) is 8.75. The van der Waals surface area contributed by atoms with Gasteiger partial charge in [-0.15, -0.1) is 0 Å². The standard InChI is InChI=1S/C10H22N2O6S/c1-11(6-5-10(14)18-4)19(15,16)12(2)7-9(13)8-17-3/h9,13H,5-8H2,1-4H3/t9-/m1/s1. The van der Waals surface area contributed by atoms with Gasteiger partial charge in [-0.05, 0) is 0 Å². The van der Waals surface area contributed by atoms with Crippen molar-refractivity contribution in [2.24, 2.45) is 0 Å². The van der Waals surface area contributed by atoms with Crippen LogP contribution in [0.25, 0.3) is 0 Å². The highest BCUT2D eigenvalue weighted by Gasteiger charge is 2.25. The van der Waals surface area contributed by atoms with Crippen LogP contribution in [0, 0.1) is 0 Å². The Balaban J connectivity index is 4.45. The summed E-state index contributed by atoms with van der Waals surface area (Å²) >= 11 is 0. The van der Waals surface area contributed by atoms with Gasteiger partial charge in [0.1, 0.15) is 0 Å². The van der Waals surface area contributed by atoms with Gasteiger partial charge in [-0.25, -0.2) is 0 Å². The second kappa shape index (κ2) is 8.43. The van der Waals surface area contributed by atoms with Crippen molar-refractivity contribution in [3.8, 4) is 0 Å². The van der Waals surface area contributed by atoms with E-state index in [0.717, 1.165) is 8.61 Å². The molecule has 114 valence electrons. The maximum atomic E-state index is 12.0. The molecule has 0 bridgehead atoms. The molecule has 0 aliphatic heterocycles. The van der Waals surface area contributed by atoms with Gasteiger partial charge in [-0.3, -0.25) is 4.79 Å². The first-order valence-electron chi connectivity index (χ1n) is 5.67. The normalized spacial score (nSPS) is 13.8. The van der Waals surface area contributed by atoms with E-state index in [4.69, 9.17) is 4.74 Å². The van der Waals surface area contributed by atoms with Gasteiger partial charge < -0.3 is 14.6 Å². The fourth-order valence-corrected chi connectivity index (χ4v) is 2.50. The molecule has 19 heavy (non-hydrogen) atoms. The molecule has 0 aliphatic carbocycles. The Morgan fingerprint density at radius 1 is 1.26 bits per heavy atom. The minimum Gasteiger partial charge on any atom is -0.469 e. The molecule has 0 heterocycles. The Hall–Kier alpha value is -0.740. The second-order valence-electron chi connectivity index (χ2n) is 4.05. The third kappa shape index (κ3) is 6.30. The van der Waals surface area contributed by atoms with Gasteiger partial charge in [0, 0.05) is 34.3 Å². The summed E-state index contributed by atoms with van der Waals surface area (Å²) in [4.78, 5) is 11.0. The molecule has 9 heteroatoms. The van der Waals surface area contributed by atoms with Crippen LogP contribution in [0.1, 0.15) is 6.42 Å². The molecular formula is C10H22N2O6S. The molecule has 0 rings (SSSR count). The molecule has 0 spiro atoms. The zero-order valence-corrected chi connectivity index (χ0v) is 12.5. The number of aliphatic hydroxyl groups excluding tert-OH is 1. The lowest BCUT2D eigenvalue weighted by Crippen LogP contribution is -2.44. The fourth-order valence-electron chi connectivity index (χ4n) is 1.34. The van der Waals surface area contributed by atoms with Crippen LogP contribution in [0.15, 0.2) is 0 Å². The highest BCUT2D eigenvalue weighted by Crippen LogP contribution is 2.06. The highest BCUT2D eigenvalue weighted by molar-refractivity contribution is 7.86. The summed E-state index contributed by atoms with van der Waals surface area (Å²) in [5, 5.41) is 9.50. The predicted octanol–water partition coefficient (Wildman–Crippen LogP) is -1.33. The quantitative estimate of drug-likeness (QED) is 0.530. The molecule has 0 aromatic carbocycles. The number of hydrogen-bond donors (Lipinski definition) is 1. The molecule has 0 aliphatic rings. The highest BCUT2D eigenvalue weighted by atomic mass is 32.2. The summed E-state index contributed by atoms with van der Waals surface area (Å²) in [5.74, 6) is -0.482. The van der Waals surface area contributed by atoms with Crippen LogP contribution in [0.3, 0.4) is 0 Å². The summed E-state index contributed by atoms with van der Waals surface area (Å²) in [6, 6.07) is 0. The van der Waals surface area contributed by atoms with Crippen molar-refractivity contribution >= 4 is 16.2 Å². The summed E-state index contributed by atoms with van der Waals surface area (Å²) in [6.07, 6.45) is -0.931. The lowest BCUT2D eigenvalue weighted by molar-refractivity contribution is -0.140. The van der Waals surface area contributed by atoms with Crippen LogP contribution in [-0.2, 0) is 24.5 Å². The SMILES string of the molecule is COC[C@H](O)CN(C)S(=O)(=O)N(C)CCC(=O)OC. The third-order valence-electron chi connectivity index (χ3n) is 2.47. The van der Waals surface area contributed by atoms with Gasteiger partial charge in [0.05, 0.1) is 26.2 Å². The molecule has 0 fully saturated rings. The van der Waals surface area contributed by atoms with Crippen molar-refractivity contribution in [3.63, 3.8) is 0 Å². The number of methoxy groups -OCH3 is 2. The van der Waals surface area contributed by atoms with E-state index in [1.54, 1.807) is 0 Å². The van der Waals surface area contributed by atoms with Crippen molar-refractivity contribution in [1.82, 2.24) is 8.61 Å². The molecule has 1 atom stereocenters. The molecule has 8 nitrogen and oxygen atoms in total. The van der Waals surface area contributed by atoms with E-state index in [2.05, 4.69) is 4.74 Å². The van der Waals surface area contributed by atoms with Crippen LogP contribution >= 0.6 is 0 Å². The number of likely N-dealkylation sites (N-methyl/N-ethyl adjacent to an activating group) is 1. The number of nitrogens with zero attached hydrogens (tertiary/aromatic N) is 2. The van der Waals surface area contributed by atoms with E-state index in [1.807, 2.05) is 0 Å². The Bertz CT molecular complexity index is 372. The average Bonchev–Trinajstić information content (AvgIpc) is 2.35. The van der Waals surface area contributed by atoms with Gasteiger partial charge in [-0.2, -0.15) is 17.0 Å². The smallest absolute Gasteiger partial charge is 0.306 e. The topological polar surface area (TPSA) is 96.4 Å². The van der Waals surface area contributed by atoms with E-state index in [9.17, 15) is 18.3 Å². The number of hydrogen-bond acceptors (Lipinski definition) is 6. The minimum atomic E-state index is -3.71. The van der Waals surface area contributed by atoms with Crippen molar-refractivity contribution in [1.29, 1.82) is 0 Å². The average molecular weight is 298 g/mol. The number of ether oxygens (including phenoxy) is 2. The molecule has 0 saturated carbocycles. The fraction of sp³-hybridized carbons (Fsp3) is 0.900. The monoisotopic (exact) mass is 298 g/mol. The molecule has 0 aromatic heterocycles. The van der Waals surface area contributed by atoms with Crippen LogP contribution in [0.5, 0.6) is 0 Å². The Labute approximate surface area is 114 Å². The van der Waals surface area contributed by atoms with Crippen LogP contribution in [0.2, 0.25) is 0 Å². The van der Waals surface area contributed by atoms with E-state index in [0.29, 0.717) is 0 Å². The third-order valence-corrected chi connectivity index (χ3v) is 4.38. The van der Waals surface area contributed by atoms with E-state index in [-0.39, 0.29) is 26.1 Å². The van der Waals surface area contributed by atoms with Gasteiger partial charge in [0.25, 0.3) is 10.2 Å². The van der Waals surface area contributed by atoms with Crippen molar-refractivity contribution in [2.75, 3.05) is 48.0 Å². The summed E-state index contributed by atoms with van der Waals surface area (Å²) in [6.45, 7) is -0.0236. The second-order valence-corrected chi connectivity index (χ2v) is 6.19.